The van der Waals surface area contributed by atoms with Gasteiger partial charge in [-0.15, -0.1) is 0 Å². The maximum Gasteiger partial charge on any atom is 0.322 e. The number of aliphatic carboxylic acids is 1. The van der Waals surface area contributed by atoms with Gasteiger partial charge in [-0.05, 0) is 89.3 Å². The second kappa shape index (κ2) is 16.5. The van der Waals surface area contributed by atoms with Crippen LogP contribution in [-0.4, -0.2) is 115 Å². The third-order valence-corrected chi connectivity index (χ3v) is 17.7. The predicted octanol–water partition coefficient (Wildman–Crippen LogP) is 5.56. The van der Waals surface area contributed by atoms with Crippen LogP contribution in [0.25, 0.3) is 21.5 Å². The monoisotopic (exact) mass is 862 g/mol. The number of hydrogen-bond donors (Lipinski definition) is 2. The summed E-state index contributed by atoms with van der Waals surface area (Å²) in [5.74, 6) is -2.21. The molecule has 0 saturated carbocycles. The number of rotatable bonds is 12. The van der Waals surface area contributed by atoms with Gasteiger partial charge in [-0.1, -0.05) is 82.3 Å². The summed E-state index contributed by atoms with van der Waals surface area (Å²) in [7, 11) is -2.83. The SMILES string of the molecule is Cc1cc(O)ccc1N(C)C(=O)CN(C)C(=O)[C@@H]1C[C@@H](SS[C@@H]2C[C@@H](C(=O)O)N(S(=O)(=O)c3ccc4ccccc4c3)C2)CN1S(=O)(=O)c1ccc2ccccc2c1. The van der Waals surface area contributed by atoms with Crippen molar-refractivity contribution in [2.24, 2.45) is 0 Å². The molecule has 5 aromatic carbocycles. The molecule has 4 atom stereocenters. The van der Waals surface area contributed by atoms with Crippen molar-refractivity contribution in [3.8, 4) is 5.75 Å². The van der Waals surface area contributed by atoms with Crippen LogP contribution < -0.4 is 4.90 Å². The number of amides is 2. The Bertz CT molecular complexity index is 2640. The third-order valence-electron chi connectivity index (χ3n) is 10.7. The Kier molecular flexibility index (Phi) is 11.8. The quantitative estimate of drug-likeness (QED) is 0.151. The summed E-state index contributed by atoms with van der Waals surface area (Å²) in [5.41, 5.74) is 1.19. The highest BCUT2D eigenvalue weighted by Crippen LogP contribution is 2.44. The number of aryl methyl sites for hydroxylation is 1. The van der Waals surface area contributed by atoms with E-state index >= 15 is 0 Å². The minimum atomic E-state index is -4.24. The predicted molar refractivity (Wildman–Crippen MR) is 227 cm³/mol. The number of carbonyl (C=O) groups is 3. The minimum absolute atomic E-state index is 0.00515. The number of nitrogens with zero attached hydrogens (tertiary/aromatic N) is 4. The van der Waals surface area contributed by atoms with Crippen molar-refractivity contribution in [3.63, 3.8) is 0 Å². The van der Waals surface area contributed by atoms with Crippen molar-refractivity contribution in [3.05, 3.63) is 109 Å². The Morgan fingerprint density at radius 2 is 1.17 bits per heavy atom. The Hall–Kier alpha value is -4.65. The Morgan fingerprint density at radius 3 is 1.67 bits per heavy atom. The van der Waals surface area contributed by atoms with Crippen LogP contribution in [0.1, 0.15) is 18.4 Å². The lowest BCUT2D eigenvalue weighted by molar-refractivity contribution is -0.140. The van der Waals surface area contributed by atoms with Crippen molar-refractivity contribution in [1.82, 2.24) is 13.5 Å². The number of benzene rings is 5. The maximum absolute atomic E-state index is 14.4. The number of fused-ring (bicyclic) bond motifs is 2. The molecule has 304 valence electrons. The van der Waals surface area contributed by atoms with Crippen LogP contribution in [0.15, 0.2) is 113 Å². The lowest BCUT2D eigenvalue weighted by Crippen LogP contribution is -2.49. The first-order chi connectivity index (χ1) is 27.5. The van der Waals surface area contributed by atoms with Crippen molar-refractivity contribution < 1.29 is 41.4 Å². The number of likely N-dealkylation sites (N-methyl/N-ethyl adjacent to an activating group) is 2. The van der Waals surface area contributed by atoms with Gasteiger partial charge in [0, 0.05) is 43.4 Å². The normalized spacial score (nSPS) is 20.4. The zero-order chi connectivity index (χ0) is 41.5. The fourth-order valence-electron chi connectivity index (χ4n) is 7.53. The van der Waals surface area contributed by atoms with Gasteiger partial charge < -0.3 is 20.0 Å². The molecule has 0 aliphatic carbocycles. The summed E-state index contributed by atoms with van der Waals surface area (Å²) in [6.07, 6.45) is 0.135. The van der Waals surface area contributed by atoms with Gasteiger partial charge in [-0.2, -0.15) is 8.61 Å². The van der Waals surface area contributed by atoms with Gasteiger partial charge in [-0.3, -0.25) is 14.4 Å². The molecule has 2 aliphatic heterocycles. The van der Waals surface area contributed by atoms with E-state index in [4.69, 9.17) is 0 Å². The number of anilines is 1. The van der Waals surface area contributed by atoms with E-state index < -0.39 is 60.4 Å². The lowest BCUT2D eigenvalue weighted by atomic mass is 10.1. The van der Waals surface area contributed by atoms with E-state index in [1.54, 1.807) is 62.5 Å². The molecule has 2 heterocycles. The number of carboxylic acid groups (broad SMARTS) is 1. The van der Waals surface area contributed by atoms with Crippen molar-refractivity contribution in [2.75, 3.05) is 38.6 Å². The maximum atomic E-state index is 14.4. The molecule has 0 unspecified atom stereocenters. The first kappa shape index (κ1) is 41.5. The highest BCUT2D eigenvalue weighted by atomic mass is 33.1. The molecule has 0 bridgehead atoms. The zero-order valence-electron chi connectivity index (χ0n) is 31.8. The molecule has 2 saturated heterocycles. The van der Waals surface area contributed by atoms with Crippen LogP contribution in [0.3, 0.4) is 0 Å². The van der Waals surface area contributed by atoms with Crippen LogP contribution in [-0.2, 0) is 34.4 Å². The molecule has 2 aliphatic rings. The van der Waals surface area contributed by atoms with Gasteiger partial charge in [0.2, 0.25) is 31.9 Å². The van der Waals surface area contributed by atoms with Crippen LogP contribution in [0, 0.1) is 6.92 Å². The summed E-state index contributed by atoms with van der Waals surface area (Å²) in [6.45, 7) is 1.28. The molecule has 13 nitrogen and oxygen atoms in total. The molecule has 17 heteroatoms. The summed E-state index contributed by atoms with van der Waals surface area (Å²) < 4.78 is 58.7. The Morgan fingerprint density at radius 1 is 0.690 bits per heavy atom. The van der Waals surface area contributed by atoms with E-state index in [2.05, 4.69) is 0 Å². The smallest absolute Gasteiger partial charge is 0.322 e. The van der Waals surface area contributed by atoms with E-state index in [-0.39, 0.29) is 48.0 Å². The molecule has 5 aromatic rings. The zero-order valence-corrected chi connectivity index (χ0v) is 35.1. The number of carbonyl (C=O) groups excluding carboxylic acids is 2. The molecular formula is C41H42N4O9S4. The summed E-state index contributed by atoms with van der Waals surface area (Å²) in [6, 6.07) is 26.2. The largest absolute Gasteiger partial charge is 0.508 e. The molecule has 0 radical (unpaired) electrons. The lowest BCUT2D eigenvalue weighted by Gasteiger charge is -2.28. The van der Waals surface area contributed by atoms with Gasteiger partial charge in [0.15, 0.2) is 0 Å². The van der Waals surface area contributed by atoms with E-state index in [9.17, 15) is 41.4 Å². The van der Waals surface area contributed by atoms with Gasteiger partial charge in [0.1, 0.15) is 17.8 Å². The number of sulfonamides is 2. The minimum Gasteiger partial charge on any atom is -0.508 e. The van der Waals surface area contributed by atoms with Gasteiger partial charge in [0.25, 0.3) is 0 Å². The molecule has 2 N–H and O–H groups in total. The van der Waals surface area contributed by atoms with Gasteiger partial charge >= 0.3 is 5.97 Å². The highest BCUT2D eigenvalue weighted by Gasteiger charge is 2.48. The number of phenolic OH excluding ortho intramolecular Hbond substituents is 1. The second-order valence-electron chi connectivity index (χ2n) is 14.6. The molecule has 2 amide bonds. The first-order valence-corrected chi connectivity index (χ1v) is 23.6. The average Bonchev–Trinajstić information content (AvgIpc) is 3.85. The van der Waals surface area contributed by atoms with Crippen LogP contribution in [0.2, 0.25) is 0 Å². The van der Waals surface area contributed by atoms with Crippen molar-refractivity contribution in [2.45, 2.75) is 52.1 Å². The van der Waals surface area contributed by atoms with Crippen LogP contribution >= 0.6 is 21.6 Å². The summed E-state index contributed by atoms with van der Waals surface area (Å²) in [4.78, 5) is 42.6. The Labute approximate surface area is 345 Å². The molecule has 7 rings (SSSR count). The van der Waals surface area contributed by atoms with Crippen molar-refractivity contribution >= 4 is 86.7 Å². The van der Waals surface area contributed by atoms with E-state index in [0.29, 0.717) is 22.0 Å². The molecule has 58 heavy (non-hydrogen) atoms. The fraction of sp³-hybridized carbons (Fsp3) is 0.293. The molecule has 0 spiro atoms. The van der Waals surface area contributed by atoms with Gasteiger partial charge in [0.05, 0.1) is 16.3 Å². The number of hydrogen-bond acceptors (Lipinski definition) is 10. The molecular weight excluding hydrogens is 821 g/mol. The number of carboxylic acids is 1. The average molecular weight is 863 g/mol. The van der Waals surface area contributed by atoms with Crippen LogP contribution in [0.5, 0.6) is 5.75 Å². The van der Waals surface area contributed by atoms with Crippen molar-refractivity contribution in [1.29, 1.82) is 0 Å². The molecule has 2 fully saturated rings. The Balaban J connectivity index is 1.10. The molecule has 0 aromatic heterocycles. The fourth-order valence-corrected chi connectivity index (χ4v) is 14.1. The topological polar surface area (TPSA) is 173 Å². The van der Waals surface area contributed by atoms with Gasteiger partial charge in [-0.25, -0.2) is 16.8 Å². The third kappa shape index (κ3) is 8.28. The van der Waals surface area contributed by atoms with E-state index in [0.717, 1.165) is 15.1 Å². The summed E-state index contributed by atoms with van der Waals surface area (Å²) in [5, 5.41) is 22.2. The summed E-state index contributed by atoms with van der Waals surface area (Å²) >= 11 is 0. The van der Waals surface area contributed by atoms with Crippen LogP contribution in [0.4, 0.5) is 5.69 Å². The number of phenols is 1. The highest BCUT2D eigenvalue weighted by molar-refractivity contribution is 8.77. The van der Waals surface area contributed by atoms with E-state index in [1.165, 1.54) is 73.1 Å². The number of aromatic hydroxyl groups is 1. The van der Waals surface area contributed by atoms with E-state index in [1.807, 2.05) is 24.3 Å². The second-order valence-corrected chi connectivity index (χ2v) is 21.2. The first-order valence-electron chi connectivity index (χ1n) is 18.4. The standard InChI is InChI=1S/C41H42N4O9S4/c1-26-18-31(46)14-17-36(26)43(3)39(47)25-42(2)40(48)37-21-32(23-44(37)57(51,52)34-15-12-27-8-4-6-10-29(27)19-34)55-56-33-22-38(41(49)50)45(24-33)58(53,54)35-16-13-28-9-5-7-11-30(28)20-35/h4-20,32-33,37-38,46H,21-25H2,1-3H3,(H,49,50)/t32-,33-,37+,38+/m1/s1.